The minimum atomic E-state index is -0.326. The van der Waals surface area contributed by atoms with E-state index in [1.807, 2.05) is 0 Å². The number of hydrogen-bond acceptors (Lipinski definition) is 2. The lowest BCUT2D eigenvalue weighted by atomic mass is 9.92. The van der Waals surface area contributed by atoms with Gasteiger partial charge in [-0.2, -0.15) is 0 Å². The molecule has 1 fully saturated rings. The highest BCUT2D eigenvalue weighted by molar-refractivity contribution is 5.81. The zero-order valence-corrected chi connectivity index (χ0v) is 11.4. The van der Waals surface area contributed by atoms with Crippen LogP contribution >= 0.6 is 0 Å². The Morgan fingerprint density at radius 1 is 1.29 bits per heavy atom. The molecule has 100 valence electrons. The molecule has 0 aliphatic heterocycles. The molecule has 0 aromatic heterocycles. The first-order valence-electron chi connectivity index (χ1n) is 7.21. The van der Waals surface area contributed by atoms with Crippen molar-refractivity contribution in [1.29, 1.82) is 0 Å². The summed E-state index contributed by atoms with van der Waals surface area (Å²) in [7, 11) is 0. The summed E-state index contributed by atoms with van der Waals surface area (Å²) in [5.74, 6) is 0.680. The molecule has 1 rings (SSSR count). The van der Waals surface area contributed by atoms with Crippen molar-refractivity contribution >= 4 is 5.91 Å². The van der Waals surface area contributed by atoms with Crippen molar-refractivity contribution in [2.75, 3.05) is 0 Å². The van der Waals surface area contributed by atoms with Crippen molar-refractivity contribution in [3.63, 3.8) is 0 Å². The standard InChI is InChI=1S/C14H28N2O/c1-3-8-13(15)14(17)16-11(2)12-9-6-4-5-7-10-12/h11-13H,3-10,15H2,1-2H3,(H,16,17)/t11-,13+/m0/s1. The molecule has 0 aromatic rings. The molecule has 0 radical (unpaired) electrons. The molecule has 0 saturated heterocycles. The van der Waals surface area contributed by atoms with Gasteiger partial charge in [-0.3, -0.25) is 4.79 Å². The summed E-state index contributed by atoms with van der Waals surface area (Å²) in [6.07, 6.45) is 9.58. The first-order valence-corrected chi connectivity index (χ1v) is 7.21. The van der Waals surface area contributed by atoms with Crippen LogP contribution in [0.2, 0.25) is 0 Å². The number of carbonyl (C=O) groups is 1. The quantitative estimate of drug-likeness (QED) is 0.726. The zero-order valence-electron chi connectivity index (χ0n) is 11.4. The smallest absolute Gasteiger partial charge is 0.237 e. The Hall–Kier alpha value is -0.570. The highest BCUT2D eigenvalue weighted by Gasteiger charge is 2.22. The monoisotopic (exact) mass is 240 g/mol. The Morgan fingerprint density at radius 3 is 2.41 bits per heavy atom. The highest BCUT2D eigenvalue weighted by atomic mass is 16.2. The Kier molecular flexibility index (Phi) is 6.56. The fourth-order valence-corrected chi connectivity index (χ4v) is 2.70. The molecule has 0 aromatic carbocycles. The molecule has 3 N–H and O–H groups in total. The van der Waals surface area contributed by atoms with Gasteiger partial charge in [0.15, 0.2) is 0 Å². The van der Waals surface area contributed by atoms with E-state index in [4.69, 9.17) is 5.73 Å². The minimum Gasteiger partial charge on any atom is -0.352 e. The van der Waals surface area contributed by atoms with Crippen LogP contribution in [-0.4, -0.2) is 18.0 Å². The maximum Gasteiger partial charge on any atom is 0.237 e. The molecule has 0 heterocycles. The number of nitrogens with one attached hydrogen (secondary N) is 1. The summed E-state index contributed by atoms with van der Waals surface area (Å²) >= 11 is 0. The fraction of sp³-hybridized carbons (Fsp3) is 0.929. The zero-order chi connectivity index (χ0) is 12.7. The summed E-state index contributed by atoms with van der Waals surface area (Å²) in [5.41, 5.74) is 5.82. The van der Waals surface area contributed by atoms with Crippen LogP contribution in [0.5, 0.6) is 0 Å². The lowest BCUT2D eigenvalue weighted by Crippen LogP contribution is -2.46. The molecule has 1 aliphatic rings. The number of rotatable bonds is 5. The predicted molar refractivity (Wildman–Crippen MR) is 71.7 cm³/mol. The van der Waals surface area contributed by atoms with E-state index in [1.54, 1.807) is 0 Å². The third-order valence-corrected chi connectivity index (χ3v) is 3.91. The van der Waals surface area contributed by atoms with Crippen molar-refractivity contribution in [3.05, 3.63) is 0 Å². The first-order chi connectivity index (χ1) is 8.15. The lowest BCUT2D eigenvalue weighted by Gasteiger charge is -2.25. The molecule has 2 atom stereocenters. The Labute approximate surface area is 106 Å². The largest absolute Gasteiger partial charge is 0.352 e. The van der Waals surface area contributed by atoms with E-state index in [2.05, 4.69) is 19.2 Å². The second-order valence-corrected chi connectivity index (χ2v) is 5.44. The molecular formula is C14H28N2O. The van der Waals surface area contributed by atoms with E-state index in [0.717, 1.165) is 12.8 Å². The number of carbonyl (C=O) groups excluding carboxylic acids is 1. The van der Waals surface area contributed by atoms with Crippen molar-refractivity contribution in [2.45, 2.75) is 77.3 Å². The third kappa shape index (κ3) is 5.07. The van der Waals surface area contributed by atoms with E-state index >= 15 is 0 Å². The lowest BCUT2D eigenvalue weighted by molar-refractivity contribution is -0.123. The number of nitrogens with two attached hydrogens (primary N) is 1. The normalized spacial score (nSPS) is 21.6. The van der Waals surface area contributed by atoms with Crippen molar-refractivity contribution < 1.29 is 4.79 Å². The van der Waals surface area contributed by atoms with Gasteiger partial charge in [-0.15, -0.1) is 0 Å². The number of amides is 1. The number of hydrogen-bond donors (Lipinski definition) is 2. The molecule has 1 aliphatic carbocycles. The van der Waals surface area contributed by atoms with Gasteiger partial charge in [0.2, 0.25) is 5.91 Å². The average molecular weight is 240 g/mol. The van der Waals surface area contributed by atoms with E-state index in [-0.39, 0.29) is 18.0 Å². The van der Waals surface area contributed by atoms with Gasteiger partial charge in [0.25, 0.3) is 0 Å². The molecule has 0 unspecified atom stereocenters. The van der Waals surface area contributed by atoms with E-state index in [9.17, 15) is 4.79 Å². The topological polar surface area (TPSA) is 55.1 Å². The summed E-state index contributed by atoms with van der Waals surface area (Å²) in [6.45, 7) is 4.19. The van der Waals surface area contributed by atoms with Gasteiger partial charge in [0.1, 0.15) is 0 Å². The maximum atomic E-state index is 11.8. The van der Waals surface area contributed by atoms with Gasteiger partial charge in [-0.05, 0) is 32.1 Å². The third-order valence-electron chi connectivity index (χ3n) is 3.91. The van der Waals surface area contributed by atoms with Crippen LogP contribution < -0.4 is 11.1 Å². The van der Waals surface area contributed by atoms with Crippen LogP contribution in [0.4, 0.5) is 0 Å². The summed E-state index contributed by atoms with van der Waals surface area (Å²) in [4.78, 5) is 11.8. The maximum absolute atomic E-state index is 11.8. The summed E-state index contributed by atoms with van der Waals surface area (Å²) in [5, 5.41) is 3.10. The molecule has 0 spiro atoms. The van der Waals surface area contributed by atoms with Gasteiger partial charge in [-0.1, -0.05) is 39.0 Å². The van der Waals surface area contributed by atoms with Gasteiger partial charge in [-0.25, -0.2) is 0 Å². The van der Waals surface area contributed by atoms with Crippen LogP contribution in [0, 0.1) is 5.92 Å². The first kappa shape index (κ1) is 14.5. The van der Waals surface area contributed by atoms with Crippen molar-refractivity contribution in [1.82, 2.24) is 5.32 Å². The molecule has 0 bridgehead atoms. The van der Waals surface area contributed by atoms with Gasteiger partial charge >= 0.3 is 0 Å². The van der Waals surface area contributed by atoms with Gasteiger partial charge in [0, 0.05) is 6.04 Å². The Morgan fingerprint density at radius 2 is 1.88 bits per heavy atom. The van der Waals surface area contributed by atoms with Crippen molar-refractivity contribution in [2.24, 2.45) is 11.7 Å². The minimum absolute atomic E-state index is 0.0311. The van der Waals surface area contributed by atoms with Gasteiger partial charge in [0.05, 0.1) is 6.04 Å². The predicted octanol–water partition coefficient (Wildman–Crippen LogP) is 2.59. The Balaban J connectivity index is 2.35. The van der Waals surface area contributed by atoms with Crippen LogP contribution in [-0.2, 0) is 4.79 Å². The SMILES string of the molecule is CCC[C@@H](N)C(=O)N[C@@H](C)C1CCCCCC1. The van der Waals surface area contributed by atoms with Crippen LogP contribution in [0.25, 0.3) is 0 Å². The summed E-state index contributed by atoms with van der Waals surface area (Å²) < 4.78 is 0. The van der Waals surface area contributed by atoms with Crippen LogP contribution in [0.3, 0.4) is 0 Å². The van der Waals surface area contributed by atoms with Crippen molar-refractivity contribution in [3.8, 4) is 0 Å². The highest BCUT2D eigenvalue weighted by Crippen LogP contribution is 2.25. The van der Waals surface area contributed by atoms with E-state index in [1.165, 1.54) is 38.5 Å². The van der Waals surface area contributed by atoms with Crippen LogP contribution in [0.1, 0.15) is 65.2 Å². The second kappa shape index (κ2) is 7.70. The Bertz CT molecular complexity index is 222. The fourth-order valence-electron chi connectivity index (χ4n) is 2.70. The van der Waals surface area contributed by atoms with Crippen LogP contribution in [0.15, 0.2) is 0 Å². The summed E-state index contributed by atoms with van der Waals surface area (Å²) in [6, 6.07) is -0.0447. The molecule has 1 saturated carbocycles. The average Bonchev–Trinajstić information content (AvgIpc) is 2.57. The molecule has 17 heavy (non-hydrogen) atoms. The van der Waals surface area contributed by atoms with Gasteiger partial charge < -0.3 is 11.1 Å². The molecular weight excluding hydrogens is 212 g/mol. The molecule has 3 heteroatoms. The van der Waals surface area contributed by atoms with E-state index < -0.39 is 0 Å². The molecule has 1 amide bonds. The second-order valence-electron chi connectivity index (χ2n) is 5.44. The van der Waals surface area contributed by atoms with E-state index in [0.29, 0.717) is 5.92 Å². The molecule has 3 nitrogen and oxygen atoms in total.